The van der Waals surface area contributed by atoms with Gasteiger partial charge in [-0.05, 0) is 25.6 Å². The lowest BCUT2D eigenvalue weighted by atomic mass is 10.3. The van der Waals surface area contributed by atoms with Crippen LogP contribution in [0.2, 0.25) is 0 Å². The second-order valence-electron chi connectivity index (χ2n) is 3.30. The molecule has 0 fully saturated rings. The van der Waals surface area contributed by atoms with E-state index in [1.165, 1.54) is 5.69 Å². The zero-order valence-corrected chi connectivity index (χ0v) is 9.25. The van der Waals surface area contributed by atoms with E-state index in [9.17, 15) is 0 Å². The van der Waals surface area contributed by atoms with Crippen LogP contribution in [0.4, 0.5) is 5.69 Å². The third-order valence-corrected chi connectivity index (χ3v) is 2.27. The first kappa shape index (κ1) is 11.0. The fourth-order valence-electron chi connectivity index (χ4n) is 1.24. The van der Waals surface area contributed by atoms with E-state index in [2.05, 4.69) is 42.2 Å². The normalized spacial score (nSPS) is 10.2. The lowest BCUT2D eigenvalue weighted by Gasteiger charge is -2.17. The predicted molar refractivity (Wildman–Crippen MR) is 60.6 cm³/mol. The van der Waals surface area contributed by atoms with E-state index in [0.29, 0.717) is 0 Å². The summed E-state index contributed by atoms with van der Waals surface area (Å²) >= 11 is 0. The van der Waals surface area contributed by atoms with E-state index in [1.807, 2.05) is 12.3 Å². The zero-order chi connectivity index (χ0) is 10.4. The molecule has 1 aromatic heterocycles. The van der Waals surface area contributed by atoms with Gasteiger partial charge in [0.15, 0.2) is 0 Å². The molecule has 0 amide bonds. The van der Waals surface area contributed by atoms with Gasteiger partial charge in [0, 0.05) is 32.0 Å². The van der Waals surface area contributed by atoms with Gasteiger partial charge in [0.2, 0.25) is 0 Å². The first-order valence-electron chi connectivity index (χ1n) is 5.14. The van der Waals surface area contributed by atoms with Gasteiger partial charge in [-0.2, -0.15) is 0 Å². The molecule has 0 aliphatic carbocycles. The highest BCUT2D eigenvalue weighted by Gasteiger charge is 1.99. The standard InChI is InChI=1S/C11H19N3/c1-4-12-9-10-8-11(6-7-13-10)14(3)5-2/h6-8,12H,4-5,9H2,1-3H3. The molecule has 1 N–H and O–H groups in total. The first-order valence-corrected chi connectivity index (χ1v) is 5.14. The highest BCUT2D eigenvalue weighted by atomic mass is 15.1. The van der Waals surface area contributed by atoms with E-state index in [1.54, 1.807) is 0 Å². The van der Waals surface area contributed by atoms with Crippen LogP contribution in [0.1, 0.15) is 19.5 Å². The summed E-state index contributed by atoms with van der Waals surface area (Å²) in [6.45, 7) is 7.09. The topological polar surface area (TPSA) is 28.2 Å². The van der Waals surface area contributed by atoms with Crippen LogP contribution in [0.15, 0.2) is 18.3 Å². The van der Waals surface area contributed by atoms with Gasteiger partial charge in [-0.1, -0.05) is 6.92 Å². The van der Waals surface area contributed by atoms with Crippen LogP contribution in [-0.2, 0) is 6.54 Å². The van der Waals surface area contributed by atoms with Gasteiger partial charge >= 0.3 is 0 Å². The van der Waals surface area contributed by atoms with E-state index >= 15 is 0 Å². The van der Waals surface area contributed by atoms with Gasteiger partial charge in [0.1, 0.15) is 0 Å². The smallest absolute Gasteiger partial charge is 0.0562 e. The number of anilines is 1. The van der Waals surface area contributed by atoms with Gasteiger partial charge in [-0.3, -0.25) is 4.98 Å². The minimum absolute atomic E-state index is 0.849. The van der Waals surface area contributed by atoms with Gasteiger partial charge in [0.25, 0.3) is 0 Å². The molecule has 0 radical (unpaired) electrons. The summed E-state index contributed by atoms with van der Waals surface area (Å²) in [6.07, 6.45) is 1.87. The molecule has 0 saturated heterocycles. The number of aromatic nitrogens is 1. The average molecular weight is 193 g/mol. The summed E-state index contributed by atoms with van der Waals surface area (Å²) in [4.78, 5) is 6.51. The fraction of sp³-hybridized carbons (Fsp3) is 0.545. The molecule has 3 nitrogen and oxygen atoms in total. The zero-order valence-electron chi connectivity index (χ0n) is 9.25. The Balaban J connectivity index is 2.68. The summed E-state index contributed by atoms with van der Waals surface area (Å²) in [7, 11) is 2.09. The Bertz CT molecular complexity index is 273. The third kappa shape index (κ3) is 3.00. The van der Waals surface area contributed by atoms with Crippen molar-refractivity contribution in [1.82, 2.24) is 10.3 Å². The summed E-state index contributed by atoms with van der Waals surface area (Å²) in [5.74, 6) is 0. The lowest BCUT2D eigenvalue weighted by Crippen LogP contribution is -2.17. The van der Waals surface area contributed by atoms with Crippen molar-refractivity contribution >= 4 is 5.69 Å². The second-order valence-corrected chi connectivity index (χ2v) is 3.30. The van der Waals surface area contributed by atoms with E-state index < -0.39 is 0 Å². The van der Waals surface area contributed by atoms with E-state index in [0.717, 1.165) is 25.3 Å². The van der Waals surface area contributed by atoms with Crippen LogP contribution >= 0.6 is 0 Å². The summed E-state index contributed by atoms with van der Waals surface area (Å²) in [5.41, 5.74) is 2.33. The van der Waals surface area contributed by atoms with Crippen LogP contribution in [0.3, 0.4) is 0 Å². The van der Waals surface area contributed by atoms with E-state index in [4.69, 9.17) is 0 Å². The number of hydrogen-bond donors (Lipinski definition) is 1. The molecular weight excluding hydrogens is 174 g/mol. The maximum atomic E-state index is 4.30. The van der Waals surface area contributed by atoms with Crippen LogP contribution < -0.4 is 10.2 Å². The van der Waals surface area contributed by atoms with Gasteiger partial charge in [-0.15, -0.1) is 0 Å². The molecule has 0 unspecified atom stereocenters. The quantitative estimate of drug-likeness (QED) is 0.770. The average Bonchev–Trinajstić information content (AvgIpc) is 2.25. The Hall–Kier alpha value is -1.09. The summed E-state index contributed by atoms with van der Waals surface area (Å²) < 4.78 is 0. The molecular formula is C11H19N3. The number of nitrogens with one attached hydrogen (secondary N) is 1. The molecule has 0 bridgehead atoms. The highest BCUT2D eigenvalue weighted by molar-refractivity contribution is 5.45. The third-order valence-electron chi connectivity index (χ3n) is 2.27. The van der Waals surface area contributed by atoms with Crippen molar-refractivity contribution in [2.24, 2.45) is 0 Å². The molecule has 14 heavy (non-hydrogen) atoms. The predicted octanol–water partition coefficient (Wildman–Crippen LogP) is 1.65. The number of nitrogens with zero attached hydrogens (tertiary/aromatic N) is 2. The molecule has 1 rings (SSSR count). The maximum absolute atomic E-state index is 4.30. The maximum Gasteiger partial charge on any atom is 0.0562 e. The molecule has 1 aromatic rings. The van der Waals surface area contributed by atoms with Gasteiger partial charge in [0.05, 0.1) is 5.69 Å². The van der Waals surface area contributed by atoms with Gasteiger partial charge in [-0.25, -0.2) is 0 Å². The molecule has 78 valence electrons. The largest absolute Gasteiger partial charge is 0.375 e. The number of pyridine rings is 1. The Labute approximate surface area is 86.2 Å². The molecule has 0 spiro atoms. The molecule has 0 aliphatic heterocycles. The molecule has 0 aromatic carbocycles. The monoisotopic (exact) mass is 193 g/mol. The van der Waals surface area contributed by atoms with Crippen LogP contribution in [0.25, 0.3) is 0 Å². The van der Waals surface area contributed by atoms with Crippen molar-refractivity contribution in [3.63, 3.8) is 0 Å². The van der Waals surface area contributed by atoms with Crippen molar-refractivity contribution < 1.29 is 0 Å². The van der Waals surface area contributed by atoms with Crippen molar-refractivity contribution in [2.75, 3.05) is 25.0 Å². The van der Waals surface area contributed by atoms with Crippen molar-refractivity contribution in [3.8, 4) is 0 Å². The number of rotatable bonds is 5. The minimum atomic E-state index is 0.849. The Morgan fingerprint density at radius 3 is 2.86 bits per heavy atom. The SMILES string of the molecule is CCNCc1cc(N(C)CC)ccn1. The van der Waals surface area contributed by atoms with E-state index in [-0.39, 0.29) is 0 Å². The fourth-order valence-corrected chi connectivity index (χ4v) is 1.24. The first-order chi connectivity index (χ1) is 6.77. The Morgan fingerprint density at radius 2 is 2.21 bits per heavy atom. The molecule has 0 saturated carbocycles. The Morgan fingerprint density at radius 1 is 1.43 bits per heavy atom. The molecule has 0 atom stereocenters. The highest BCUT2D eigenvalue weighted by Crippen LogP contribution is 2.11. The lowest BCUT2D eigenvalue weighted by molar-refractivity contribution is 0.710. The Kier molecular flexibility index (Phi) is 4.40. The van der Waals surface area contributed by atoms with Gasteiger partial charge < -0.3 is 10.2 Å². The minimum Gasteiger partial charge on any atom is -0.375 e. The molecule has 0 aliphatic rings. The summed E-state index contributed by atoms with van der Waals surface area (Å²) in [6, 6.07) is 4.17. The van der Waals surface area contributed by atoms with Crippen molar-refractivity contribution in [1.29, 1.82) is 0 Å². The number of hydrogen-bond acceptors (Lipinski definition) is 3. The molecule has 1 heterocycles. The van der Waals surface area contributed by atoms with Crippen LogP contribution in [-0.4, -0.2) is 25.1 Å². The van der Waals surface area contributed by atoms with Crippen LogP contribution in [0, 0.1) is 0 Å². The molecule has 3 heteroatoms. The second kappa shape index (κ2) is 5.60. The summed E-state index contributed by atoms with van der Waals surface area (Å²) in [5, 5.41) is 3.27. The van der Waals surface area contributed by atoms with Crippen LogP contribution in [0.5, 0.6) is 0 Å². The van der Waals surface area contributed by atoms with Crippen molar-refractivity contribution in [2.45, 2.75) is 20.4 Å². The van der Waals surface area contributed by atoms with Crippen molar-refractivity contribution in [3.05, 3.63) is 24.0 Å².